The van der Waals surface area contributed by atoms with Gasteiger partial charge in [-0.15, -0.1) is 0 Å². The normalized spacial score (nSPS) is 23.0. The first kappa shape index (κ1) is 18.7. The highest BCUT2D eigenvalue weighted by molar-refractivity contribution is 5.95. The van der Waals surface area contributed by atoms with Crippen LogP contribution in [0.2, 0.25) is 0 Å². The Kier molecular flexibility index (Phi) is 6.22. The molecule has 1 rings (SSSR count). The van der Waals surface area contributed by atoms with Gasteiger partial charge >= 0.3 is 12.2 Å². The minimum Gasteiger partial charge on any atom is -0.333 e. The zero-order valence-corrected chi connectivity index (χ0v) is 13.1. The molecule has 0 aromatic rings. The number of hydrogen-bond acceptors (Lipinski definition) is 3. The zero-order valence-electron chi connectivity index (χ0n) is 13.1. The van der Waals surface area contributed by atoms with Crippen molar-refractivity contribution in [3.05, 3.63) is 0 Å². The molecule has 0 aromatic carbocycles. The summed E-state index contributed by atoms with van der Waals surface area (Å²) in [5, 5.41) is 7.27. The van der Waals surface area contributed by atoms with Crippen molar-refractivity contribution in [2.75, 3.05) is 6.54 Å². The van der Waals surface area contributed by atoms with Gasteiger partial charge in [0.15, 0.2) is 0 Å². The molecule has 1 aliphatic rings. The Morgan fingerprint density at radius 3 is 2.23 bits per heavy atom. The van der Waals surface area contributed by atoms with E-state index in [1.165, 1.54) is 0 Å². The van der Waals surface area contributed by atoms with Crippen molar-refractivity contribution in [3.63, 3.8) is 0 Å². The van der Waals surface area contributed by atoms with E-state index in [0.717, 1.165) is 0 Å². The Hall–Kier alpha value is -1.31. The first-order valence-corrected chi connectivity index (χ1v) is 7.41. The molecule has 0 heterocycles. The highest BCUT2D eigenvalue weighted by atomic mass is 19.4. The van der Waals surface area contributed by atoms with Crippen LogP contribution in [0.15, 0.2) is 0 Å². The molecule has 8 heteroatoms. The molecular formula is C14H24F3N3O2. The van der Waals surface area contributed by atoms with E-state index in [1.807, 2.05) is 0 Å². The third-order valence-corrected chi connectivity index (χ3v) is 3.45. The van der Waals surface area contributed by atoms with Crippen molar-refractivity contribution in [2.45, 2.75) is 64.2 Å². The van der Waals surface area contributed by atoms with Crippen molar-refractivity contribution >= 4 is 11.9 Å². The smallest absolute Gasteiger partial charge is 0.333 e. The van der Waals surface area contributed by atoms with Crippen LogP contribution in [0.1, 0.15) is 46.5 Å². The summed E-state index contributed by atoms with van der Waals surface area (Å²) in [6.07, 6.45) is -2.56. The Morgan fingerprint density at radius 2 is 1.68 bits per heavy atom. The van der Waals surface area contributed by atoms with Crippen LogP contribution < -0.4 is 16.0 Å². The minimum atomic E-state index is -4.27. The van der Waals surface area contributed by atoms with Crippen molar-refractivity contribution in [3.8, 4) is 0 Å². The number of rotatable bonds is 3. The van der Waals surface area contributed by atoms with E-state index < -0.39 is 35.6 Å². The topological polar surface area (TPSA) is 70.2 Å². The number of nitrogens with one attached hydrogen (secondary N) is 3. The zero-order chi connectivity index (χ0) is 17.0. The van der Waals surface area contributed by atoms with Crippen LogP contribution in [0.25, 0.3) is 0 Å². The Labute approximate surface area is 128 Å². The quantitative estimate of drug-likeness (QED) is 0.746. The molecule has 0 aliphatic heterocycles. The van der Waals surface area contributed by atoms with Crippen LogP contribution in [0.5, 0.6) is 0 Å². The third kappa shape index (κ3) is 6.64. The molecule has 1 aliphatic carbocycles. The van der Waals surface area contributed by atoms with Crippen LogP contribution in [-0.2, 0) is 4.79 Å². The summed E-state index contributed by atoms with van der Waals surface area (Å²) in [5.41, 5.74) is -0.497. The van der Waals surface area contributed by atoms with Gasteiger partial charge in [-0.05, 0) is 33.6 Å². The Bertz CT molecular complexity index is 405. The second-order valence-electron chi connectivity index (χ2n) is 6.67. The Morgan fingerprint density at radius 1 is 1.09 bits per heavy atom. The van der Waals surface area contributed by atoms with Crippen LogP contribution in [0.4, 0.5) is 18.0 Å². The van der Waals surface area contributed by atoms with Gasteiger partial charge in [-0.2, -0.15) is 13.2 Å². The number of carbonyl (C=O) groups excluding carboxylic acids is 2. The fourth-order valence-electron chi connectivity index (χ4n) is 2.53. The molecule has 22 heavy (non-hydrogen) atoms. The van der Waals surface area contributed by atoms with E-state index in [0.29, 0.717) is 19.3 Å². The molecule has 5 nitrogen and oxygen atoms in total. The van der Waals surface area contributed by atoms with Gasteiger partial charge in [-0.3, -0.25) is 10.1 Å². The van der Waals surface area contributed by atoms with E-state index in [4.69, 9.17) is 0 Å². The molecule has 0 bridgehead atoms. The molecule has 1 fully saturated rings. The summed E-state index contributed by atoms with van der Waals surface area (Å²) >= 11 is 0. The predicted molar refractivity (Wildman–Crippen MR) is 76.2 cm³/mol. The maximum absolute atomic E-state index is 12.9. The molecule has 2 unspecified atom stereocenters. The number of carbonyl (C=O) groups is 2. The number of hydrogen-bond donors (Lipinski definition) is 3. The molecule has 128 valence electrons. The van der Waals surface area contributed by atoms with E-state index in [-0.39, 0.29) is 13.0 Å². The van der Waals surface area contributed by atoms with Gasteiger partial charge in [0.25, 0.3) is 0 Å². The van der Waals surface area contributed by atoms with Crippen molar-refractivity contribution < 1.29 is 22.8 Å². The van der Waals surface area contributed by atoms with Crippen molar-refractivity contribution in [1.82, 2.24) is 16.0 Å². The molecule has 1 saturated carbocycles. The first-order valence-electron chi connectivity index (χ1n) is 7.41. The fourth-order valence-corrected chi connectivity index (χ4v) is 2.53. The minimum absolute atomic E-state index is 0.0767. The lowest BCUT2D eigenvalue weighted by Crippen LogP contribution is -2.52. The second kappa shape index (κ2) is 7.30. The van der Waals surface area contributed by atoms with Crippen LogP contribution >= 0.6 is 0 Å². The summed E-state index contributed by atoms with van der Waals surface area (Å²) in [7, 11) is 0. The molecule has 0 spiro atoms. The van der Waals surface area contributed by atoms with E-state index >= 15 is 0 Å². The van der Waals surface area contributed by atoms with Gasteiger partial charge in [0.05, 0.1) is 12.5 Å². The summed E-state index contributed by atoms with van der Waals surface area (Å²) in [6.45, 7) is 4.95. The van der Waals surface area contributed by atoms with Gasteiger partial charge in [0.2, 0.25) is 5.91 Å². The molecule has 0 aromatic heterocycles. The molecular weight excluding hydrogens is 299 g/mol. The Balaban J connectivity index is 2.44. The van der Waals surface area contributed by atoms with Crippen LogP contribution in [0.3, 0.4) is 0 Å². The van der Waals surface area contributed by atoms with Crippen molar-refractivity contribution in [2.24, 2.45) is 5.92 Å². The standard InChI is InChI=1S/C14H24F3N3O2/c1-13(2,3)20-12(22)19-11(21)8-18-10-7-5-4-6-9(10)14(15,16)17/h9-10,18H,4-8H2,1-3H3,(H2,19,20,21,22). The average Bonchev–Trinajstić information content (AvgIpc) is 2.33. The van der Waals surface area contributed by atoms with E-state index in [2.05, 4.69) is 16.0 Å². The molecule has 0 radical (unpaired) electrons. The molecule has 3 N–H and O–H groups in total. The highest BCUT2D eigenvalue weighted by Gasteiger charge is 2.45. The largest absolute Gasteiger partial charge is 0.393 e. The number of urea groups is 1. The summed E-state index contributed by atoms with van der Waals surface area (Å²) in [6, 6.07) is -1.43. The van der Waals surface area contributed by atoms with Crippen LogP contribution in [0, 0.1) is 5.92 Å². The predicted octanol–water partition coefficient (Wildman–Crippen LogP) is 2.32. The summed E-state index contributed by atoms with van der Waals surface area (Å²) in [4.78, 5) is 23.1. The summed E-state index contributed by atoms with van der Waals surface area (Å²) in [5.74, 6) is -2.08. The second-order valence-corrected chi connectivity index (χ2v) is 6.67. The highest BCUT2D eigenvalue weighted by Crippen LogP contribution is 2.37. The van der Waals surface area contributed by atoms with Gasteiger partial charge < -0.3 is 10.6 Å². The van der Waals surface area contributed by atoms with E-state index in [9.17, 15) is 22.8 Å². The fraction of sp³-hybridized carbons (Fsp3) is 0.857. The SMILES string of the molecule is CC(C)(C)NC(=O)NC(=O)CNC1CCCCC1C(F)(F)F. The van der Waals surface area contributed by atoms with Crippen LogP contribution in [-0.4, -0.2) is 36.2 Å². The lowest BCUT2D eigenvalue weighted by atomic mass is 9.84. The van der Waals surface area contributed by atoms with E-state index in [1.54, 1.807) is 20.8 Å². The third-order valence-electron chi connectivity index (χ3n) is 3.45. The average molecular weight is 323 g/mol. The number of amides is 3. The number of imide groups is 1. The van der Waals surface area contributed by atoms with Gasteiger partial charge in [0, 0.05) is 11.6 Å². The van der Waals surface area contributed by atoms with Crippen molar-refractivity contribution in [1.29, 1.82) is 0 Å². The maximum atomic E-state index is 12.9. The molecule has 3 amide bonds. The number of alkyl halides is 3. The maximum Gasteiger partial charge on any atom is 0.393 e. The molecule has 2 atom stereocenters. The van der Waals surface area contributed by atoms with Gasteiger partial charge in [-0.1, -0.05) is 12.8 Å². The first-order chi connectivity index (χ1) is 9.99. The lowest BCUT2D eigenvalue weighted by molar-refractivity contribution is -0.189. The number of halogens is 3. The summed E-state index contributed by atoms with van der Waals surface area (Å²) < 4.78 is 38.7. The lowest BCUT2D eigenvalue weighted by Gasteiger charge is -2.33. The van der Waals surface area contributed by atoms with Gasteiger partial charge in [-0.25, -0.2) is 4.79 Å². The van der Waals surface area contributed by atoms with Gasteiger partial charge in [0.1, 0.15) is 0 Å². The monoisotopic (exact) mass is 323 g/mol. The molecule has 0 saturated heterocycles.